The second kappa shape index (κ2) is 6.37. The van der Waals surface area contributed by atoms with Crippen molar-refractivity contribution in [1.29, 1.82) is 5.26 Å². The van der Waals surface area contributed by atoms with Crippen molar-refractivity contribution < 1.29 is 0 Å². The number of hydrogen-bond donors (Lipinski definition) is 1. The lowest BCUT2D eigenvalue weighted by atomic mass is 10.2. The first-order valence-corrected chi connectivity index (χ1v) is 7.80. The van der Waals surface area contributed by atoms with Gasteiger partial charge in [-0.05, 0) is 36.2 Å². The first kappa shape index (κ1) is 14.2. The maximum absolute atomic E-state index is 9.31. The molecule has 0 aliphatic carbocycles. The second-order valence-corrected chi connectivity index (χ2v) is 5.75. The van der Waals surface area contributed by atoms with E-state index in [2.05, 4.69) is 28.5 Å². The minimum atomic E-state index is 0.292. The van der Waals surface area contributed by atoms with Crippen LogP contribution in [0.25, 0.3) is 10.2 Å². The van der Waals surface area contributed by atoms with E-state index in [1.54, 1.807) is 0 Å². The average molecular weight is 306 g/mol. The first-order valence-electron chi connectivity index (χ1n) is 6.99. The standard InChI is InChI=1S/C17H14N4S/c1-2-12-7-9-13(10-8-12)20-21-15(11-18)17-19-14-5-3-4-6-16(14)22-17/h3-10,20H,2H2,1H3. The molecule has 0 bridgehead atoms. The summed E-state index contributed by atoms with van der Waals surface area (Å²) in [6.45, 7) is 2.11. The third-order valence-corrected chi connectivity index (χ3v) is 4.30. The Balaban J connectivity index is 1.84. The molecule has 2 aromatic carbocycles. The van der Waals surface area contributed by atoms with Crippen LogP contribution >= 0.6 is 11.3 Å². The maximum atomic E-state index is 9.31. The third-order valence-electron chi connectivity index (χ3n) is 3.26. The van der Waals surface area contributed by atoms with E-state index in [-0.39, 0.29) is 0 Å². The fourth-order valence-corrected chi connectivity index (χ4v) is 2.93. The summed E-state index contributed by atoms with van der Waals surface area (Å²) < 4.78 is 1.05. The van der Waals surface area contributed by atoms with Crippen molar-refractivity contribution in [2.45, 2.75) is 13.3 Å². The van der Waals surface area contributed by atoms with Crippen molar-refractivity contribution in [3.8, 4) is 6.07 Å². The maximum Gasteiger partial charge on any atom is 0.196 e. The van der Waals surface area contributed by atoms with Crippen molar-refractivity contribution in [1.82, 2.24) is 4.98 Å². The number of benzene rings is 2. The Morgan fingerprint density at radius 1 is 1.23 bits per heavy atom. The quantitative estimate of drug-likeness (QED) is 0.580. The van der Waals surface area contributed by atoms with E-state index in [1.165, 1.54) is 16.9 Å². The van der Waals surface area contributed by atoms with Crippen LogP contribution in [0.2, 0.25) is 0 Å². The summed E-state index contributed by atoms with van der Waals surface area (Å²) in [5.74, 6) is 0. The number of hydrogen-bond acceptors (Lipinski definition) is 5. The van der Waals surface area contributed by atoms with E-state index >= 15 is 0 Å². The summed E-state index contributed by atoms with van der Waals surface area (Å²) in [7, 11) is 0. The number of para-hydroxylation sites is 1. The largest absolute Gasteiger partial charge is 0.277 e. The van der Waals surface area contributed by atoms with E-state index in [0.717, 1.165) is 22.3 Å². The normalized spacial score (nSPS) is 11.4. The summed E-state index contributed by atoms with van der Waals surface area (Å²) >= 11 is 1.47. The highest BCUT2D eigenvalue weighted by molar-refractivity contribution is 7.20. The highest BCUT2D eigenvalue weighted by Crippen LogP contribution is 2.22. The van der Waals surface area contributed by atoms with Gasteiger partial charge >= 0.3 is 0 Å². The fourth-order valence-electron chi connectivity index (χ4n) is 2.03. The molecule has 1 N–H and O–H groups in total. The smallest absolute Gasteiger partial charge is 0.196 e. The molecule has 0 fully saturated rings. The molecule has 0 amide bonds. The van der Waals surface area contributed by atoms with E-state index in [0.29, 0.717) is 10.7 Å². The van der Waals surface area contributed by atoms with Crippen LogP contribution in [0.5, 0.6) is 0 Å². The van der Waals surface area contributed by atoms with Crippen LogP contribution in [0.3, 0.4) is 0 Å². The SMILES string of the molecule is CCc1ccc(NN=C(C#N)c2nc3ccccc3s2)cc1. The molecule has 0 aliphatic rings. The Morgan fingerprint density at radius 2 is 2.00 bits per heavy atom. The number of nitrogens with one attached hydrogen (secondary N) is 1. The van der Waals surface area contributed by atoms with Gasteiger partial charge in [0.05, 0.1) is 15.9 Å². The molecule has 0 spiro atoms. The van der Waals surface area contributed by atoms with E-state index < -0.39 is 0 Å². The van der Waals surface area contributed by atoms with Gasteiger partial charge in [0.25, 0.3) is 0 Å². The first-order chi connectivity index (χ1) is 10.8. The Labute approximate surface area is 132 Å². The molecular formula is C17H14N4S. The number of thiazole rings is 1. The monoisotopic (exact) mass is 306 g/mol. The summed E-state index contributed by atoms with van der Waals surface area (Å²) in [5.41, 5.74) is 6.22. The molecule has 0 unspecified atom stereocenters. The van der Waals surface area contributed by atoms with Gasteiger partial charge in [-0.2, -0.15) is 10.4 Å². The summed E-state index contributed by atoms with van der Waals surface area (Å²) in [6, 6.07) is 17.9. The van der Waals surface area contributed by atoms with E-state index in [4.69, 9.17) is 0 Å². The molecule has 0 aliphatic heterocycles. The molecule has 0 atom stereocenters. The van der Waals surface area contributed by atoms with Gasteiger partial charge in [0, 0.05) is 0 Å². The van der Waals surface area contributed by atoms with Crippen LogP contribution in [0.1, 0.15) is 17.5 Å². The topological polar surface area (TPSA) is 61.1 Å². The number of nitriles is 1. The number of anilines is 1. The molecule has 3 aromatic rings. The molecule has 1 heterocycles. The van der Waals surface area contributed by atoms with Crippen molar-refractivity contribution in [2.75, 3.05) is 5.43 Å². The van der Waals surface area contributed by atoms with Gasteiger partial charge in [0.1, 0.15) is 6.07 Å². The van der Waals surface area contributed by atoms with Crippen molar-refractivity contribution in [3.63, 3.8) is 0 Å². The molecule has 22 heavy (non-hydrogen) atoms. The zero-order valence-electron chi connectivity index (χ0n) is 12.1. The zero-order chi connectivity index (χ0) is 15.4. The summed E-state index contributed by atoms with van der Waals surface area (Å²) in [5, 5.41) is 14.1. The van der Waals surface area contributed by atoms with Crippen molar-refractivity contribution in [2.24, 2.45) is 5.10 Å². The minimum absolute atomic E-state index is 0.292. The number of aryl methyl sites for hydroxylation is 1. The zero-order valence-corrected chi connectivity index (χ0v) is 12.9. The molecule has 0 saturated heterocycles. The molecular weight excluding hydrogens is 292 g/mol. The van der Waals surface area contributed by atoms with Crippen LogP contribution in [-0.4, -0.2) is 10.7 Å². The number of hydrazone groups is 1. The lowest BCUT2D eigenvalue weighted by molar-refractivity contribution is 1.14. The van der Waals surface area contributed by atoms with E-state index in [1.807, 2.05) is 48.5 Å². The van der Waals surface area contributed by atoms with Gasteiger partial charge in [0.15, 0.2) is 10.7 Å². The molecule has 3 rings (SSSR count). The van der Waals surface area contributed by atoms with Gasteiger partial charge in [0.2, 0.25) is 0 Å². The van der Waals surface area contributed by atoms with Gasteiger partial charge in [-0.25, -0.2) is 4.98 Å². The van der Waals surface area contributed by atoms with Crippen LogP contribution in [0, 0.1) is 11.3 Å². The van der Waals surface area contributed by atoms with Crippen LogP contribution in [0.15, 0.2) is 53.6 Å². The molecule has 4 nitrogen and oxygen atoms in total. The minimum Gasteiger partial charge on any atom is -0.277 e. The highest BCUT2D eigenvalue weighted by atomic mass is 32.1. The molecule has 108 valence electrons. The Morgan fingerprint density at radius 3 is 2.68 bits per heavy atom. The van der Waals surface area contributed by atoms with Crippen LogP contribution in [0.4, 0.5) is 5.69 Å². The van der Waals surface area contributed by atoms with Gasteiger partial charge in [-0.3, -0.25) is 5.43 Å². The molecule has 5 heteroatoms. The van der Waals surface area contributed by atoms with Crippen molar-refractivity contribution >= 4 is 33.0 Å². The summed E-state index contributed by atoms with van der Waals surface area (Å²) in [6.07, 6.45) is 0.999. The van der Waals surface area contributed by atoms with Gasteiger partial charge in [-0.1, -0.05) is 31.2 Å². The van der Waals surface area contributed by atoms with Gasteiger partial charge < -0.3 is 0 Å². The second-order valence-electron chi connectivity index (χ2n) is 4.72. The van der Waals surface area contributed by atoms with Gasteiger partial charge in [-0.15, -0.1) is 11.3 Å². The summed E-state index contributed by atoms with van der Waals surface area (Å²) in [4.78, 5) is 4.45. The Kier molecular flexibility index (Phi) is 4.12. The number of nitrogens with zero attached hydrogens (tertiary/aromatic N) is 3. The Bertz CT molecular complexity index is 823. The number of rotatable bonds is 4. The fraction of sp³-hybridized carbons (Fsp3) is 0.118. The predicted molar refractivity (Wildman–Crippen MR) is 91.2 cm³/mol. The average Bonchev–Trinajstić information content (AvgIpc) is 3.00. The van der Waals surface area contributed by atoms with Crippen molar-refractivity contribution in [3.05, 3.63) is 59.1 Å². The van der Waals surface area contributed by atoms with E-state index in [9.17, 15) is 5.26 Å². The lowest BCUT2D eigenvalue weighted by Crippen LogP contribution is -2.01. The molecule has 0 saturated carbocycles. The highest BCUT2D eigenvalue weighted by Gasteiger charge is 2.09. The molecule has 1 aromatic heterocycles. The third kappa shape index (κ3) is 2.97. The predicted octanol–water partition coefficient (Wildman–Crippen LogP) is 4.20. The Hall–Kier alpha value is -2.71. The number of aromatic nitrogens is 1. The van der Waals surface area contributed by atoms with Crippen LogP contribution < -0.4 is 5.43 Å². The van der Waals surface area contributed by atoms with Crippen LogP contribution in [-0.2, 0) is 6.42 Å². The lowest BCUT2D eigenvalue weighted by Gasteiger charge is -2.02. The number of fused-ring (bicyclic) bond motifs is 1. The molecule has 0 radical (unpaired) electrons.